The predicted octanol–water partition coefficient (Wildman–Crippen LogP) is 2.78. The van der Waals surface area contributed by atoms with Crippen molar-refractivity contribution in [2.24, 2.45) is 5.92 Å². The van der Waals surface area contributed by atoms with Crippen LogP contribution in [0.1, 0.15) is 45.1 Å². The number of nitrogens with zero attached hydrogens (tertiary/aromatic N) is 1. The number of likely N-dealkylation sites (tertiary alicyclic amines) is 1. The maximum Gasteiger partial charge on any atom is 0.227 e. The van der Waals surface area contributed by atoms with Gasteiger partial charge in [0.15, 0.2) is 0 Å². The van der Waals surface area contributed by atoms with Crippen LogP contribution in [0.2, 0.25) is 0 Å². The quantitative estimate of drug-likeness (QED) is 0.826. The van der Waals surface area contributed by atoms with Gasteiger partial charge in [-0.1, -0.05) is 25.5 Å². The van der Waals surface area contributed by atoms with Gasteiger partial charge in [0, 0.05) is 19.1 Å². The van der Waals surface area contributed by atoms with E-state index in [9.17, 15) is 9.59 Å². The number of ether oxygens (including phenoxy) is 1. The Morgan fingerprint density at radius 3 is 2.68 bits per heavy atom. The predicted molar refractivity (Wildman–Crippen MR) is 98.5 cm³/mol. The van der Waals surface area contributed by atoms with E-state index < -0.39 is 0 Å². The Morgan fingerprint density at radius 1 is 1.32 bits per heavy atom. The van der Waals surface area contributed by atoms with Gasteiger partial charge in [-0.25, -0.2) is 0 Å². The number of rotatable bonds is 7. The smallest absolute Gasteiger partial charge is 0.227 e. The van der Waals surface area contributed by atoms with Gasteiger partial charge in [0.05, 0.1) is 19.4 Å². The first-order valence-electron chi connectivity index (χ1n) is 9.24. The number of methoxy groups -OCH3 is 1. The normalized spacial score (nSPS) is 18.5. The molecule has 2 atom stereocenters. The molecule has 0 aliphatic carbocycles. The van der Waals surface area contributed by atoms with Crippen molar-refractivity contribution in [3.63, 3.8) is 0 Å². The summed E-state index contributed by atoms with van der Waals surface area (Å²) in [5, 5.41) is 3.08. The highest BCUT2D eigenvalue weighted by Gasteiger charge is 2.28. The van der Waals surface area contributed by atoms with Gasteiger partial charge in [-0.2, -0.15) is 0 Å². The van der Waals surface area contributed by atoms with Crippen molar-refractivity contribution in [1.29, 1.82) is 0 Å². The van der Waals surface area contributed by atoms with Gasteiger partial charge in [-0.15, -0.1) is 0 Å². The van der Waals surface area contributed by atoms with Gasteiger partial charge < -0.3 is 15.0 Å². The fourth-order valence-electron chi connectivity index (χ4n) is 3.31. The van der Waals surface area contributed by atoms with Crippen LogP contribution in [0.15, 0.2) is 24.3 Å². The number of hydrogen-bond donors (Lipinski definition) is 1. The highest BCUT2D eigenvalue weighted by Crippen LogP contribution is 2.19. The lowest BCUT2D eigenvalue weighted by Crippen LogP contribution is -2.47. The fourth-order valence-corrected chi connectivity index (χ4v) is 3.31. The molecule has 5 nitrogen and oxygen atoms in total. The summed E-state index contributed by atoms with van der Waals surface area (Å²) in [6, 6.07) is 7.76. The zero-order valence-corrected chi connectivity index (χ0v) is 15.6. The number of carbonyl (C=O) groups excluding carboxylic acids is 2. The van der Waals surface area contributed by atoms with E-state index in [0.29, 0.717) is 13.0 Å². The lowest BCUT2D eigenvalue weighted by atomic mass is 9.96. The molecule has 1 fully saturated rings. The SMILES string of the molecule is CCC[C@H](C)NC(=O)[C@H]1CCCN(C(=O)Cc2ccc(OC)cc2)C1. The molecule has 1 saturated heterocycles. The molecule has 1 aliphatic rings. The number of nitrogens with one attached hydrogen (secondary N) is 1. The molecular formula is C20H30N2O3. The maximum atomic E-state index is 12.6. The first-order valence-corrected chi connectivity index (χ1v) is 9.24. The molecular weight excluding hydrogens is 316 g/mol. The minimum atomic E-state index is -0.0899. The van der Waals surface area contributed by atoms with Crippen molar-refractivity contribution in [3.05, 3.63) is 29.8 Å². The van der Waals surface area contributed by atoms with Gasteiger partial charge in [0.2, 0.25) is 11.8 Å². The van der Waals surface area contributed by atoms with Crippen LogP contribution in [-0.4, -0.2) is 43.0 Å². The molecule has 0 unspecified atom stereocenters. The first kappa shape index (κ1) is 19.3. The molecule has 1 aromatic carbocycles. The number of benzene rings is 1. The maximum absolute atomic E-state index is 12.6. The molecule has 2 rings (SSSR count). The molecule has 0 bridgehead atoms. The number of amides is 2. The van der Waals surface area contributed by atoms with Crippen LogP contribution in [0.4, 0.5) is 0 Å². The zero-order valence-electron chi connectivity index (χ0n) is 15.6. The third-order valence-corrected chi connectivity index (χ3v) is 4.77. The van der Waals surface area contributed by atoms with E-state index in [1.807, 2.05) is 36.1 Å². The molecule has 25 heavy (non-hydrogen) atoms. The summed E-state index contributed by atoms with van der Waals surface area (Å²) in [5.74, 6) is 0.868. The largest absolute Gasteiger partial charge is 0.497 e. The summed E-state index contributed by atoms with van der Waals surface area (Å²) in [4.78, 5) is 26.8. The van der Waals surface area contributed by atoms with E-state index in [1.165, 1.54) is 0 Å². The van der Waals surface area contributed by atoms with Crippen LogP contribution >= 0.6 is 0 Å². The molecule has 0 spiro atoms. The first-order chi connectivity index (χ1) is 12.0. The van der Waals surface area contributed by atoms with Crippen LogP contribution in [0.3, 0.4) is 0 Å². The molecule has 2 amide bonds. The van der Waals surface area contributed by atoms with Crippen LogP contribution < -0.4 is 10.1 Å². The second kappa shape index (κ2) is 9.44. The van der Waals surface area contributed by atoms with Crippen molar-refractivity contribution >= 4 is 11.8 Å². The molecule has 0 aromatic heterocycles. The van der Waals surface area contributed by atoms with E-state index in [1.54, 1.807) is 7.11 Å². The van der Waals surface area contributed by atoms with Gasteiger partial charge in [0.25, 0.3) is 0 Å². The Morgan fingerprint density at radius 2 is 2.04 bits per heavy atom. The highest BCUT2D eigenvalue weighted by atomic mass is 16.5. The molecule has 1 N–H and O–H groups in total. The lowest BCUT2D eigenvalue weighted by molar-refractivity contribution is -0.135. The average Bonchev–Trinajstić information content (AvgIpc) is 2.62. The second-order valence-corrected chi connectivity index (χ2v) is 6.90. The van der Waals surface area contributed by atoms with Gasteiger partial charge in [0.1, 0.15) is 5.75 Å². The summed E-state index contributed by atoms with van der Waals surface area (Å²) in [7, 11) is 1.63. The second-order valence-electron chi connectivity index (χ2n) is 6.90. The van der Waals surface area contributed by atoms with E-state index in [-0.39, 0.29) is 23.8 Å². The summed E-state index contributed by atoms with van der Waals surface area (Å²) in [5.41, 5.74) is 0.967. The molecule has 5 heteroatoms. The van der Waals surface area contributed by atoms with Crippen molar-refractivity contribution in [2.75, 3.05) is 20.2 Å². The van der Waals surface area contributed by atoms with Crippen LogP contribution in [0, 0.1) is 5.92 Å². The van der Waals surface area contributed by atoms with Gasteiger partial charge in [-0.3, -0.25) is 9.59 Å². The minimum absolute atomic E-state index is 0.0860. The third kappa shape index (κ3) is 5.76. The molecule has 1 heterocycles. The summed E-state index contributed by atoms with van der Waals surface area (Å²) in [6.45, 7) is 5.42. The third-order valence-electron chi connectivity index (χ3n) is 4.77. The van der Waals surface area contributed by atoms with Gasteiger partial charge in [-0.05, 0) is 43.9 Å². The van der Waals surface area contributed by atoms with E-state index in [2.05, 4.69) is 12.2 Å². The Balaban J connectivity index is 1.88. The van der Waals surface area contributed by atoms with Crippen molar-refractivity contribution in [3.8, 4) is 5.75 Å². The van der Waals surface area contributed by atoms with E-state index in [4.69, 9.17) is 4.74 Å². The van der Waals surface area contributed by atoms with Crippen molar-refractivity contribution in [1.82, 2.24) is 10.2 Å². The van der Waals surface area contributed by atoms with E-state index >= 15 is 0 Å². The molecule has 0 radical (unpaired) electrons. The number of carbonyl (C=O) groups is 2. The Kier molecular flexibility index (Phi) is 7.29. The topological polar surface area (TPSA) is 58.6 Å². The summed E-state index contributed by atoms with van der Waals surface area (Å²) in [6.07, 6.45) is 4.15. The van der Waals surface area contributed by atoms with Crippen LogP contribution in [0.25, 0.3) is 0 Å². The van der Waals surface area contributed by atoms with Gasteiger partial charge >= 0.3 is 0 Å². The Labute approximate surface area is 150 Å². The van der Waals surface area contributed by atoms with Crippen molar-refractivity contribution in [2.45, 2.75) is 52.0 Å². The van der Waals surface area contributed by atoms with Crippen molar-refractivity contribution < 1.29 is 14.3 Å². The number of hydrogen-bond acceptors (Lipinski definition) is 3. The average molecular weight is 346 g/mol. The lowest BCUT2D eigenvalue weighted by Gasteiger charge is -2.32. The van der Waals surface area contributed by atoms with Crippen LogP contribution in [-0.2, 0) is 16.0 Å². The summed E-state index contributed by atoms with van der Waals surface area (Å²) >= 11 is 0. The molecule has 1 aliphatic heterocycles. The minimum Gasteiger partial charge on any atom is -0.497 e. The Bertz CT molecular complexity index is 571. The fraction of sp³-hybridized carbons (Fsp3) is 0.600. The van der Waals surface area contributed by atoms with E-state index in [0.717, 1.165) is 43.5 Å². The summed E-state index contributed by atoms with van der Waals surface area (Å²) < 4.78 is 5.14. The molecule has 138 valence electrons. The number of piperidine rings is 1. The zero-order chi connectivity index (χ0) is 18.2. The Hall–Kier alpha value is -2.04. The highest BCUT2D eigenvalue weighted by molar-refractivity contribution is 5.82. The molecule has 1 aromatic rings. The standard InChI is InChI=1S/C20H30N2O3/c1-4-6-15(2)21-20(24)17-7-5-12-22(14-17)19(23)13-16-8-10-18(25-3)11-9-16/h8-11,15,17H,4-7,12-14H2,1-3H3,(H,21,24)/t15-,17-/m0/s1. The monoisotopic (exact) mass is 346 g/mol. The molecule has 0 saturated carbocycles. The van der Waals surface area contributed by atoms with Crippen LogP contribution in [0.5, 0.6) is 5.75 Å².